The largest absolute Gasteiger partial charge is 0.443 e. The van der Waals surface area contributed by atoms with E-state index in [1.807, 2.05) is 32.9 Å². The standard InChI is InChI=1S/C17H22BrNO3/c1-16(2,3)22-15(20)19-11-17(6-8-21-9-7-17)13-10-12(18)4-5-14(13)19/h4-5,10H,6-9,11H2,1-3H3. The Kier molecular flexibility index (Phi) is 3.98. The average Bonchev–Trinajstić information content (AvgIpc) is 2.72. The maximum absolute atomic E-state index is 12.6. The lowest BCUT2D eigenvalue weighted by atomic mass is 9.76. The molecule has 0 aliphatic carbocycles. The summed E-state index contributed by atoms with van der Waals surface area (Å²) in [5.41, 5.74) is 1.71. The lowest BCUT2D eigenvalue weighted by Crippen LogP contribution is -2.42. The molecule has 0 saturated carbocycles. The third-order valence-corrected chi connectivity index (χ3v) is 4.84. The summed E-state index contributed by atoms with van der Waals surface area (Å²) in [6.45, 7) is 7.86. The first kappa shape index (κ1) is 15.8. The molecule has 0 radical (unpaired) electrons. The minimum absolute atomic E-state index is 0.00569. The number of carbonyl (C=O) groups excluding carboxylic acids is 1. The van der Waals surface area contributed by atoms with Gasteiger partial charge in [-0.3, -0.25) is 4.90 Å². The third-order valence-electron chi connectivity index (χ3n) is 4.35. The zero-order chi connectivity index (χ0) is 16.0. The summed E-state index contributed by atoms with van der Waals surface area (Å²) in [6.07, 6.45) is 1.62. The number of benzene rings is 1. The number of rotatable bonds is 0. The van der Waals surface area contributed by atoms with Crippen molar-refractivity contribution in [3.05, 3.63) is 28.2 Å². The first-order valence-corrected chi connectivity index (χ1v) is 8.48. The molecule has 1 aromatic rings. The quantitative estimate of drug-likeness (QED) is 0.687. The predicted molar refractivity (Wildman–Crippen MR) is 89.5 cm³/mol. The highest BCUT2D eigenvalue weighted by Crippen LogP contribution is 2.47. The van der Waals surface area contributed by atoms with Crippen molar-refractivity contribution in [2.75, 3.05) is 24.7 Å². The fourth-order valence-electron chi connectivity index (χ4n) is 3.31. The monoisotopic (exact) mass is 367 g/mol. The van der Waals surface area contributed by atoms with Crippen molar-refractivity contribution in [2.45, 2.75) is 44.6 Å². The van der Waals surface area contributed by atoms with Crippen molar-refractivity contribution in [3.63, 3.8) is 0 Å². The summed E-state index contributed by atoms with van der Waals surface area (Å²) < 4.78 is 12.2. The van der Waals surface area contributed by atoms with Gasteiger partial charge in [-0.2, -0.15) is 0 Å². The van der Waals surface area contributed by atoms with Crippen molar-refractivity contribution < 1.29 is 14.3 Å². The summed E-state index contributed by atoms with van der Waals surface area (Å²) in [5.74, 6) is 0. The van der Waals surface area contributed by atoms with E-state index in [1.165, 1.54) is 5.56 Å². The number of anilines is 1. The van der Waals surface area contributed by atoms with Gasteiger partial charge in [-0.25, -0.2) is 4.79 Å². The second kappa shape index (κ2) is 5.53. The molecule has 22 heavy (non-hydrogen) atoms. The second-order valence-corrected chi connectivity index (χ2v) is 8.04. The number of ether oxygens (including phenoxy) is 2. The summed E-state index contributed by atoms with van der Waals surface area (Å²) in [4.78, 5) is 14.4. The number of hydrogen-bond donors (Lipinski definition) is 0. The van der Waals surface area contributed by atoms with Crippen LogP contribution in [0.5, 0.6) is 0 Å². The maximum Gasteiger partial charge on any atom is 0.414 e. The Balaban J connectivity index is 1.97. The minimum Gasteiger partial charge on any atom is -0.443 e. The predicted octanol–water partition coefficient (Wildman–Crippen LogP) is 4.25. The Morgan fingerprint density at radius 3 is 2.64 bits per heavy atom. The Morgan fingerprint density at radius 1 is 1.32 bits per heavy atom. The van der Waals surface area contributed by atoms with E-state index in [-0.39, 0.29) is 11.5 Å². The van der Waals surface area contributed by atoms with Crippen LogP contribution < -0.4 is 4.90 Å². The SMILES string of the molecule is CC(C)(C)OC(=O)N1CC2(CCOCC2)c2cc(Br)ccc21. The summed E-state index contributed by atoms with van der Waals surface area (Å²) in [6, 6.07) is 6.13. The molecule has 0 unspecified atom stereocenters. The number of nitrogens with zero attached hydrogens (tertiary/aromatic N) is 1. The van der Waals surface area contributed by atoms with Crippen molar-refractivity contribution in [1.82, 2.24) is 0 Å². The van der Waals surface area contributed by atoms with E-state index in [4.69, 9.17) is 9.47 Å². The Morgan fingerprint density at radius 2 is 2.00 bits per heavy atom. The fraction of sp³-hybridized carbons (Fsp3) is 0.588. The van der Waals surface area contributed by atoms with Crippen LogP contribution in [0.25, 0.3) is 0 Å². The molecule has 1 fully saturated rings. The normalized spacial score (nSPS) is 20.1. The van der Waals surface area contributed by atoms with Crippen LogP contribution in [0.4, 0.5) is 10.5 Å². The number of hydrogen-bond acceptors (Lipinski definition) is 3. The Bertz CT molecular complexity index is 588. The highest BCUT2D eigenvalue weighted by Gasteiger charge is 2.46. The molecule has 0 N–H and O–H groups in total. The zero-order valence-electron chi connectivity index (χ0n) is 13.3. The number of fused-ring (bicyclic) bond motifs is 2. The molecular formula is C17H22BrNO3. The maximum atomic E-state index is 12.6. The first-order chi connectivity index (χ1) is 10.3. The van der Waals surface area contributed by atoms with Crippen LogP contribution in [-0.4, -0.2) is 31.5 Å². The van der Waals surface area contributed by atoms with Crippen LogP contribution in [0.1, 0.15) is 39.2 Å². The molecule has 4 nitrogen and oxygen atoms in total. The highest BCUT2D eigenvalue weighted by atomic mass is 79.9. The number of amides is 1. The fourth-order valence-corrected chi connectivity index (χ4v) is 3.67. The van der Waals surface area contributed by atoms with E-state index < -0.39 is 5.60 Å². The summed E-state index contributed by atoms with van der Waals surface area (Å²) in [7, 11) is 0. The molecule has 1 aromatic carbocycles. The van der Waals surface area contributed by atoms with Gasteiger partial charge in [0.15, 0.2) is 0 Å². The molecule has 1 spiro atoms. The first-order valence-electron chi connectivity index (χ1n) is 7.69. The van der Waals surface area contributed by atoms with Crippen LogP contribution in [0.2, 0.25) is 0 Å². The van der Waals surface area contributed by atoms with Gasteiger partial charge in [0.25, 0.3) is 0 Å². The summed E-state index contributed by atoms with van der Waals surface area (Å²) >= 11 is 3.55. The lowest BCUT2D eigenvalue weighted by Gasteiger charge is -2.34. The van der Waals surface area contributed by atoms with Crippen LogP contribution in [-0.2, 0) is 14.9 Å². The average molecular weight is 368 g/mol. The lowest BCUT2D eigenvalue weighted by molar-refractivity contribution is 0.0473. The number of halogens is 1. The zero-order valence-corrected chi connectivity index (χ0v) is 14.9. The van der Waals surface area contributed by atoms with Gasteiger partial charge in [0.1, 0.15) is 5.60 Å². The van der Waals surface area contributed by atoms with Crippen molar-refractivity contribution >= 4 is 27.7 Å². The van der Waals surface area contributed by atoms with Crippen LogP contribution in [0.3, 0.4) is 0 Å². The third kappa shape index (κ3) is 2.88. The molecule has 1 amide bonds. The molecule has 1 saturated heterocycles. The van der Waals surface area contributed by atoms with Gasteiger partial charge in [0, 0.05) is 29.6 Å². The second-order valence-electron chi connectivity index (χ2n) is 7.12. The van der Waals surface area contributed by atoms with E-state index in [1.54, 1.807) is 4.90 Å². The van der Waals surface area contributed by atoms with E-state index in [0.29, 0.717) is 6.54 Å². The van der Waals surface area contributed by atoms with Gasteiger partial charge in [-0.05, 0) is 57.4 Å². The smallest absolute Gasteiger partial charge is 0.414 e. The Hall–Kier alpha value is -1.07. The topological polar surface area (TPSA) is 38.8 Å². The minimum atomic E-state index is -0.488. The van der Waals surface area contributed by atoms with E-state index >= 15 is 0 Å². The molecule has 2 aliphatic rings. The molecule has 120 valence electrons. The summed E-state index contributed by atoms with van der Waals surface area (Å²) in [5, 5.41) is 0. The molecule has 0 bridgehead atoms. The molecular weight excluding hydrogens is 346 g/mol. The van der Waals surface area contributed by atoms with E-state index in [0.717, 1.165) is 36.2 Å². The van der Waals surface area contributed by atoms with Crippen LogP contribution in [0.15, 0.2) is 22.7 Å². The molecule has 2 aliphatic heterocycles. The van der Waals surface area contributed by atoms with Gasteiger partial charge < -0.3 is 9.47 Å². The van der Waals surface area contributed by atoms with Gasteiger partial charge in [0.05, 0.1) is 5.69 Å². The van der Waals surface area contributed by atoms with E-state index in [2.05, 4.69) is 22.0 Å². The van der Waals surface area contributed by atoms with Crippen molar-refractivity contribution in [3.8, 4) is 0 Å². The van der Waals surface area contributed by atoms with Crippen molar-refractivity contribution in [1.29, 1.82) is 0 Å². The Labute approximate surface area is 139 Å². The number of carbonyl (C=O) groups is 1. The van der Waals surface area contributed by atoms with Gasteiger partial charge in [-0.1, -0.05) is 15.9 Å². The molecule has 5 heteroatoms. The van der Waals surface area contributed by atoms with Crippen molar-refractivity contribution in [2.24, 2.45) is 0 Å². The van der Waals surface area contributed by atoms with Gasteiger partial charge in [0.2, 0.25) is 0 Å². The highest BCUT2D eigenvalue weighted by molar-refractivity contribution is 9.10. The van der Waals surface area contributed by atoms with Crippen LogP contribution in [0, 0.1) is 0 Å². The molecule has 3 rings (SSSR count). The van der Waals surface area contributed by atoms with Crippen LogP contribution >= 0.6 is 15.9 Å². The van der Waals surface area contributed by atoms with Gasteiger partial charge in [-0.15, -0.1) is 0 Å². The molecule has 0 atom stereocenters. The molecule has 2 heterocycles. The molecule has 0 aromatic heterocycles. The van der Waals surface area contributed by atoms with E-state index in [9.17, 15) is 4.79 Å². The van der Waals surface area contributed by atoms with Gasteiger partial charge >= 0.3 is 6.09 Å².